The monoisotopic (exact) mass is 359 g/mol. The van der Waals surface area contributed by atoms with Crippen LogP contribution in [0.4, 0.5) is 5.13 Å². The average molecular weight is 359 g/mol. The fourth-order valence-corrected chi connectivity index (χ4v) is 4.67. The zero-order valence-corrected chi connectivity index (χ0v) is 15.0. The van der Waals surface area contributed by atoms with Gasteiger partial charge in [-0.05, 0) is 31.0 Å². The summed E-state index contributed by atoms with van der Waals surface area (Å²) in [4.78, 5) is 31.2. The number of nitrogens with zero attached hydrogens (tertiary/aromatic N) is 2. The van der Waals surface area contributed by atoms with Gasteiger partial charge >= 0.3 is 0 Å². The van der Waals surface area contributed by atoms with Gasteiger partial charge in [0.15, 0.2) is 5.13 Å². The van der Waals surface area contributed by atoms with Gasteiger partial charge in [0, 0.05) is 19.0 Å². The van der Waals surface area contributed by atoms with Crippen molar-refractivity contribution in [3.05, 3.63) is 18.2 Å². The second-order valence-electron chi connectivity index (χ2n) is 6.73. The molecule has 0 spiro atoms. The first-order valence-electron chi connectivity index (χ1n) is 8.69. The van der Waals surface area contributed by atoms with Gasteiger partial charge in [-0.15, -0.1) is 0 Å². The number of carbonyl (C=O) groups is 2. The Hall–Kier alpha value is -2.15. The Bertz CT molecular complexity index is 813. The van der Waals surface area contributed by atoms with E-state index in [1.807, 2.05) is 23.1 Å². The van der Waals surface area contributed by atoms with Crippen molar-refractivity contribution in [2.45, 2.75) is 38.1 Å². The van der Waals surface area contributed by atoms with Crippen LogP contribution in [0.15, 0.2) is 18.2 Å². The van der Waals surface area contributed by atoms with E-state index in [4.69, 9.17) is 4.74 Å². The molecule has 1 aromatic heterocycles. The van der Waals surface area contributed by atoms with Crippen LogP contribution in [-0.4, -0.2) is 41.4 Å². The van der Waals surface area contributed by atoms with Crippen LogP contribution in [0.2, 0.25) is 0 Å². The molecule has 1 aliphatic carbocycles. The molecule has 1 saturated heterocycles. The standard InChI is InChI=1S/C18H21N3O3S/c1-24-13-6-7-14-15(9-13)25-18(19-14)20-17(23)11-8-16(22)21(10-11)12-4-2-3-5-12/h6-7,9,11-12H,2-5,8,10H2,1H3,(H,19,20,23)/t11-/m1/s1. The summed E-state index contributed by atoms with van der Waals surface area (Å²) in [5, 5.41) is 3.46. The second-order valence-corrected chi connectivity index (χ2v) is 7.76. The maximum atomic E-state index is 12.6. The Labute approximate surface area is 150 Å². The van der Waals surface area contributed by atoms with E-state index in [-0.39, 0.29) is 17.7 Å². The molecule has 1 aromatic carbocycles. The number of methoxy groups -OCH3 is 1. The Kier molecular flexibility index (Phi) is 4.33. The van der Waals surface area contributed by atoms with E-state index in [9.17, 15) is 9.59 Å². The summed E-state index contributed by atoms with van der Waals surface area (Å²) in [6.45, 7) is 0.536. The highest BCUT2D eigenvalue weighted by Crippen LogP contribution is 2.32. The number of carbonyl (C=O) groups excluding carboxylic acids is 2. The van der Waals surface area contributed by atoms with Gasteiger partial charge in [-0.3, -0.25) is 9.59 Å². The number of ether oxygens (including phenoxy) is 1. The molecule has 0 bridgehead atoms. The highest BCUT2D eigenvalue weighted by molar-refractivity contribution is 7.22. The van der Waals surface area contributed by atoms with Gasteiger partial charge in [0.1, 0.15) is 5.75 Å². The zero-order chi connectivity index (χ0) is 17.4. The number of likely N-dealkylation sites (tertiary alicyclic amines) is 1. The summed E-state index contributed by atoms with van der Waals surface area (Å²) in [6.07, 6.45) is 4.81. The van der Waals surface area contributed by atoms with E-state index in [1.54, 1.807) is 7.11 Å². The third-order valence-electron chi connectivity index (χ3n) is 5.12. The topological polar surface area (TPSA) is 71.5 Å². The number of fused-ring (bicyclic) bond motifs is 1. The molecule has 2 aromatic rings. The van der Waals surface area contributed by atoms with Crippen LogP contribution in [0.5, 0.6) is 5.75 Å². The van der Waals surface area contributed by atoms with Crippen LogP contribution in [0.25, 0.3) is 10.2 Å². The van der Waals surface area contributed by atoms with Crippen molar-refractivity contribution in [3.63, 3.8) is 0 Å². The number of amides is 2. The van der Waals surface area contributed by atoms with Crippen LogP contribution in [0.3, 0.4) is 0 Å². The summed E-state index contributed by atoms with van der Waals surface area (Å²) in [7, 11) is 1.62. The van der Waals surface area contributed by atoms with Gasteiger partial charge in [0.05, 0.1) is 23.2 Å². The van der Waals surface area contributed by atoms with Crippen LogP contribution < -0.4 is 10.1 Å². The lowest BCUT2D eigenvalue weighted by Gasteiger charge is -2.23. The van der Waals surface area contributed by atoms with Crippen LogP contribution in [0.1, 0.15) is 32.1 Å². The molecule has 2 fully saturated rings. The predicted octanol–water partition coefficient (Wildman–Crippen LogP) is 3.03. The number of anilines is 1. The molecule has 7 heteroatoms. The normalized spacial score (nSPS) is 21.2. The number of benzene rings is 1. The third-order valence-corrected chi connectivity index (χ3v) is 6.05. The molecule has 1 N–H and O–H groups in total. The lowest BCUT2D eigenvalue weighted by atomic mass is 10.1. The molecular weight excluding hydrogens is 338 g/mol. The Morgan fingerprint density at radius 3 is 2.92 bits per heavy atom. The quantitative estimate of drug-likeness (QED) is 0.911. The first kappa shape index (κ1) is 16.3. The summed E-state index contributed by atoms with van der Waals surface area (Å²) in [6, 6.07) is 5.97. The van der Waals surface area contributed by atoms with E-state index >= 15 is 0 Å². The fraction of sp³-hybridized carbons (Fsp3) is 0.500. The van der Waals surface area contributed by atoms with Crippen LogP contribution in [-0.2, 0) is 9.59 Å². The van der Waals surface area contributed by atoms with Crippen molar-refractivity contribution >= 4 is 38.5 Å². The van der Waals surface area contributed by atoms with Crippen LogP contribution >= 0.6 is 11.3 Å². The molecule has 0 unspecified atom stereocenters. The van der Waals surface area contributed by atoms with E-state index < -0.39 is 0 Å². The number of rotatable bonds is 4. The third kappa shape index (κ3) is 3.20. The maximum absolute atomic E-state index is 12.6. The van der Waals surface area contributed by atoms with E-state index in [0.717, 1.165) is 28.8 Å². The highest BCUT2D eigenvalue weighted by Gasteiger charge is 2.38. The summed E-state index contributed by atoms with van der Waals surface area (Å²) in [5.74, 6) is 0.484. The van der Waals surface area contributed by atoms with Gasteiger partial charge in [0.2, 0.25) is 11.8 Å². The highest BCUT2D eigenvalue weighted by atomic mass is 32.1. The number of hydrogen-bond acceptors (Lipinski definition) is 5. The first-order chi connectivity index (χ1) is 12.1. The van der Waals surface area contributed by atoms with E-state index in [2.05, 4.69) is 10.3 Å². The number of nitrogens with one attached hydrogen (secondary N) is 1. The average Bonchev–Trinajstić information content (AvgIpc) is 3.32. The Morgan fingerprint density at radius 2 is 2.16 bits per heavy atom. The Morgan fingerprint density at radius 1 is 1.36 bits per heavy atom. The van der Waals surface area contributed by atoms with Crippen molar-refractivity contribution in [2.24, 2.45) is 5.92 Å². The second kappa shape index (κ2) is 6.63. The molecule has 132 valence electrons. The molecular formula is C18H21N3O3S. The molecule has 0 radical (unpaired) electrons. The molecule has 1 atom stereocenters. The zero-order valence-electron chi connectivity index (χ0n) is 14.2. The molecule has 1 aliphatic heterocycles. The molecule has 1 saturated carbocycles. The lowest BCUT2D eigenvalue weighted by molar-refractivity contribution is -0.129. The van der Waals surface area contributed by atoms with E-state index in [0.29, 0.717) is 24.1 Å². The minimum absolute atomic E-state index is 0.111. The van der Waals surface area contributed by atoms with Crippen molar-refractivity contribution in [3.8, 4) is 5.75 Å². The molecule has 6 nitrogen and oxygen atoms in total. The summed E-state index contributed by atoms with van der Waals surface area (Å²) in [5.41, 5.74) is 0.830. The van der Waals surface area contributed by atoms with Gasteiger partial charge in [-0.1, -0.05) is 24.2 Å². The van der Waals surface area contributed by atoms with Gasteiger partial charge < -0.3 is 15.0 Å². The molecule has 2 aliphatic rings. The number of aromatic nitrogens is 1. The summed E-state index contributed by atoms with van der Waals surface area (Å²) < 4.78 is 6.18. The minimum atomic E-state index is -0.283. The maximum Gasteiger partial charge on any atom is 0.231 e. The lowest BCUT2D eigenvalue weighted by Crippen LogP contribution is -2.35. The SMILES string of the molecule is COc1ccc2nc(NC(=O)[C@@H]3CC(=O)N(C4CCCC4)C3)sc2c1. The van der Waals surface area contributed by atoms with Crippen molar-refractivity contribution < 1.29 is 14.3 Å². The molecule has 2 amide bonds. The fourth-order valence-electron chi connectivity index (χ4n) is 3.77. The summed E-state index contributed by atoms with van der Waals surface area (Å²) >= 11 is 1.42. The smallest absolute Gasteiger partial charge is 0.231 e. The Balaban J connectivity index is 1.44. The van der Waals surface area contributed by atoms with Crippen molar-refractivity contribution in [1.82, 2.24) is 9.88 Å². The minimum Gasteiger partial charge on any atom is -0.497 e. The molecule has 4 rings (SSSR count). The van der Waals surface area contributed by atoms with Gasteiger partial charge in [0.25, 0.3) is 0 Å². The van der Waals surface area contributed by atoms with Crippen LogP contribution in [0, 0.1) is 5.92 Å². The first-order valence-corrected chi connectivity index (χ1v) is 9.50. The van der Waals surface area contributed by atoms with Crippen molar-refractivity contribution in [1.29, 1.82) is 0 Å². The van der Waals surface area contributed by atoms with E-state index in [1.165, 1.54) is 24.2 Å². The number of thiazole rings is 1. The predicted molar refractivity (Wildman–Crippen MR) is 96.9 cm³/mol. The van der Waals surface area contributed by atoms with Crippen molar-refractivity contribution in [2.75, 3.05) is 19.0 Å². The largest absolute Gasteiger partial charge is 0.497 e. The number of hydrogen-bond donors (Lipinski definition) is 1. The van der Waals surface area contributed by atoms with Gasteiger partial charge in [-0.25, -0.2) is 4.98 Å². The molecule has 2 heterocycles. The van der Waals surface area contributed by atoms with Gasteiger partial charge in [-0.2, -0.15) is 0 Å². The molecule has 25 heavy (non-hydrogen) atoms.